The molecule has 3 nitrogen and oxygen atoms in total. The van der Waals surface area contributed by atoms with Gasteiger partial charge in [0.25, 0.3) is 5.91 Å². The summed E-state index contributed by atoms with van der Waals surface area (Å²) >= 11 is 1.45. The van der Waals surface area contributed by atoms with Crippen molar-refractivity contribution < 1.29 is 4.79 Å². The molecule has 0 saturated carbocycles. The van der Waals surface area contributed by atoms with Crippen LogP contribution < -0.4 is 10.6 Å². The van der Waals surface area contributed by atoms with E-state index in [0.29, 0.717) is 6.54 Å². The molecule has 0 saturated heterocycles. The van der Waals surface area contributed by atoms with Gasteiger partial charge >= 0.3 is 0 Å². The van der Waals surface area contributed by atoms with Crippen LogP contribution >= 0.6 is 11.3 Å². The molecule has 0 spiro atoms. The molecular formula is C8H12N2OS. The summed E-state index contributed by atoms with van der Waals surface area (Å²) in [6.45, 7) is 2.57. The summed E-state index contributed by atoms with van der Waals surface area (Å²) in [6.07, 6.45) is 0. The van der Waals surface area contributed by atoms with E-state index < -0.39 is 0 Å². The minimum Gasteiger partial charge on any atom is -0.387 e. The van der Waals surface area contributed by atoms with Crippen LogP contribution in [0.4, 0.5) is 5.69 Å². The van der Waals surface area contributed by atoms with Gasteiger partial charge in [-0.25, -0.2) is 0 Å². The summed E-state index contributed by atoms with van der Waals surface area (Å²) in [5, 5.41) is 7.62. The highest BCUT2D eigenvalue weighted by molar-refractivity contribution is 7.12. The first kappa shape index (κ1) is 9.06. The zero-order valence-electron chi connectivity index (χ0n) is 7.18. The molecule has 12 heavy (non-hydrogen) atoms. The van der Waals surface area contributed by atoms with Crippen molar-refractivity contribution in [2.24, 2.45) is 0 Å². The molecule has 0 radical (unpaired) electrons. The van der Waals surface area contributed by atoms with Crippen molar-refractivity contribution >= 4 is 22.9 Å². The molecule has 1 aromatic heterocycles. The van der Waals surface area contributed by atoms with Gasteiger partial charge in [0, 0.05) is 13.6 Å². The Labute approximate surface area is 75.8 Å². The Hall–Kier alpha value is -1.03. The van der Waals surface area contributed by atoms with E-state index in [2.05, 4.69) is 10.6 Å². The minimum atomic E-state index is -0.00292. The lowest BCUT2D eigenvalue weighted by atomic mass is 10.3. The number of hydrogen-bond donors (Lipinski definition) is 2. The first-order valence-corrected chi connectivity index (χ1v) is 4.71. The quantitative estimate of drug-likeness (QED) is 0.748. The van der Waals surface area contributed by atoms with Crippen LogP contribution in [0.5, 0.6) is 0 Å². The van der Waals surface area contributed by atoms with E-state index in [9.17, 15) is 4.79 Å². The van der Waals surface area contributed by atoms with E-state index in [1.807, 2.05) is 25.4 Å². The molecule has 2 N–H and O–H groups in total. The molecule has 0 aliphatic heterocycles. The summed E-state index contributed by atoms with van der Waals surface area (Å²) in [5.41, 5.74) is 0.894. The standard InChI is InChI=1S/C8H12N2OS/c1-3-10-8(11)7-6(9-2)4-5-12-7/h4-5,9H,3H2,1-2H3,(H,10,11). The summed E-state index contributed by atoms with van der Waals surface area (Å²) in [7, 11) is 1.81. The molecule has 0 aromatic carbocycles. The molecule has 4 heteroatoms. The Bertz CT molecular complexity index is 270. The molecule has 0 atom stereocenters. The Morgan fingerprint density at radius 1 is 1.67 bits per heavy atom. The smallest absolute Gasteiger partial charge is 0.263 e. The number of hydrogen-bond acceptors (Lipinski definition) is 3. The zero-order valence-corrected chi connectivity index (χ0v) is 7.99. The van der Waals surface area contributed by atoms with Gasteiger partial charge in [-0.3, -0.25) is 4.79 Å². The van der Waals surface area contributed by atoms with Crippen molar-refractivity contribution in [3.8, 4) is 0 Å². The molecule has 0 unspecified atom stereocenters. The van der Waals surface area contributed by atoms with E-state index in [0.717, 1.165) is 10.6 Å². The summed E-state index contributed by atoms with van der Waals surface area (Å²) in [4.78, 5) is 12.1. The van der Waals surface area contributed by atoms with Gasteiger partial charge in [0.15, 0.2) is 0 Å². The maximum atomic E-state index is 11.3. The maximum absolute atomic E-state index is 11.3. The van der Waals surface area contributed by atoms with Crippen molar-refractivity contribution in [3.63, 3.8) is 0 Å². The predicted octanol–water partition coefficient (Wildman–Crippen LogP) is 1.54. The second-order valence-electron chi connectivity index (χ2n) is 2.27. The third-order valence-electron chi connectivity index (χ3n) is 1.48. The lowest BCUT2D eigenvalue weighted by molar-refractivity contribution is 0.0960. The van der Waals surface area contributed by atoms with Crippen LogP contribution in [0.3, 0.4) is 0 Å². The molecule has 0 aliphatic carbocycles. The summed E-state index contributed by atoms with van der Waals surface area (Å²) in [5.74, 6) is -0.00292. The van der Waals surface area contributed by atoms with Gasteiger partial charge in [-0.05, 0) is 18.4 Å². The lowest BCUT2D eigenvalue weighted by Gasteiger charge is -2.02. The molecule has 0 fully saturated rings. The number of rotatable bonds is 3. The first-order valence-electron chi connectivity index (χ1n) is 3.83. The number of thiophene rings is 1. The predicted molar refractivity (Wildman–Crippen MR) is 51.9 cm³/mol. The van der Waals surface area contributed by atoms with Crippen LogP contribution in [0.25, 0.3) is 0 Å². The van der Waals surface area contributed by atoms with E-state index in [1.165, 1.54) is 11.3 Å². The van der Waals surface area contributed by atoms with E-state index >= 15 is 0 Å². The molecule has 1 amide bonds. The van der Waals surface area contributed by atoms with Gasteiger partial charge in [-0.1, -0.05) is 0 Å². The molecule has 0 aliphatic rings. The topological polar surface area (TPSA) is 41.1 Å². The Morgan fingerprint density at radius 3 is 3.00 bits per heavy atom. The first-order chi connectivity index (χ1) is 5.79. The Kier molecular flexibility index (Phi) is 3.10. The monoisotopic (exact) mass is 184 g/mol. The van der Waals surface area contributed by atoms with Crippen LogP contribution in [0.2, 0.25) is 0 Å². The number of carbonyl (C=O) groups excluding carboxylic acids is 1. The van der Waals surface area contributed by atoms with Gasteiger partial charge in [-0.2, -0.15) is 0 Å². The van der Waals surface area contributed by atoms with E-state index in [-0.39, 0.29) is 5.91 Å². The molecule has 0 bridgehead atoms. The van der Waals surface area contributed by atoms with E-state index in [1.54, 1.807) is 0 Å². The lowest BCUT2D eigenvalue weighted by Crippen LogP contribution is -2.22. The number of carbonyl (C=O) groups is 1. The maximum Gasteiger partial charge on any atom is 0.263 e. The molecule has 1 aromatic rings. The van der Waals surface area contributed by atoms with Crippen molar-refractivity contribution in [3.05, 3.63) is 16.3 Å². The van der Waals surface area contributed by atoms with Crippen LogP contribution in [0.1, 0.15) is 16.6 Å². The highest BCUT2D eigenvalue weighted by atomic mass is 32.1. The van der Waals surface area contributed by atoms with Gasteiger partial charge in [-0.15, -0.1) is 11.3 Å². The normalized spacial score (nSPS) is 9.50. The van der Waals surface area contributed by atoms with Gasteiger partial charge in [0.1, 0.15) is 4.88 Å². The van der Waals surface area contributed by atoms with Crippen LogP contribution in [-0.2, 0) is 0 Å². The van der Waals surface area contributed by atoms with Crippen LogP contribution in [0, 0.1) is 0 Å². The average molecular weight is 184 g/mol. The third-order valence-corrected chi connectivity index (χ3v) is 2.39. The second kappa shape index (κ2) is 4.11. The van der Waals surface area contributed by atoms with Gasteiger partial charge < -0.3 is 10.6 Å². The summed E-state index contributed by atoms with van der Waals surface area (Å²) in [6, 6.07) is 1.90. The highest BCUT2D eigenvalue weighted by Crippen LogP contribution is 2.20. The fraction of sp³-hybridized carbons (Fsp3) is 0.375. The SMILES string of the molecule is CCNC(=O)c1sccc1NC. The third kappa shape index (κ3) is 1.76. The Morgan fingerprint density at radius 2 is 2.42 bits per heavy atom. The van der Waals surface area contributed by atoms with Crippen molar-refractivity contribution in [2.75, 3.05) is 18.9 Å². The minimum absolute atomic E-state index is 0.00292. The van der Waals surface area contributed by atoms with Crippen molar-refractivity contribution in [1.29, 1.82) is 0 Å². The van der Waals surface area contributed by atoms with E-state index in [4.69, 9.17) is 0 Å². The number of amides is 1. The van der Waals surface area contributed by atoms with Crippen molar-refractivity contribution in [2.45, 2.75) is 6.92 Å². The molecule has 1 rings (SSSR count). The van der Waals surface area contributed by atoms with Gasteiger partial charge in [0.05, 0.1) is 5.69 Å². The highest BCUT2D eigenvalue weighted by Gasteiger charge is 2.10. The molecule has 66 valence electrons. The average Bonchev–Trinajstić information content (AvgIpc) is 2.51. The largest absolute Gasteiger partial charge is 0.387 e. The number of nitrogens with one attached hydrogen (secondary N) is 2. The zero-order chi connectivity index (χ0) is 8.97. The fourth-order valence-electron chi connectivity index (χ4n) is 0.923. The second-order valence-corrected chi connectivity index (χ2v) is 3.19. The van der Waals surface area contributed by atoms with Crippen LogP contribution in [0.15, 0.2) is 11.4 Å². The van der Waals surface area contributed by atoms with Gasteiger partial charge in [0.2, 0.25) is 0 Å². The van der Waals surface area contributed by atoms with Crippen molar-refractivity contribution in [1.82, 2.24) is 5.32 Å². The molecular weight excluding hydrogens is 172 g/mol. The molecule has 1 heterocycles. The fourth-order valence-corrected chi connectivity index (χ4v) is 1.74. The van der Waals surface area contributed by atoms with Crippen LogP contribution in [-0.4, -0.2) is 19.5 Å². The number of anilines is 1. The Balaban J connectivity index is 2.79. The summed E-state index contributed by atoms with van der Waals surface area (Å²) < 4.78 is 0.